The van der Waals surface area contributed by atoms with Gasteiger partial charge in [0.05, 0.1) is 0 Å². The molecule has 0 saturated carbocycles. The number of carbonyl (C=O) groups excluding carboxylic acids is 2. The molecule has 0 aliphatic rings. The average molecular weight is 353 g/mol. The Hall–Kier alpha value is -2.82. The van der Waals surface area contributed by atoms with Gasteiger partial charge < -0.3 is 15.5 Å². The number of urea groups is 1. The number of benzene rings is 2. The van der Waals surface area contributed by atoms with E-state index in [9.17, 15) is 9.59 Å². The zero-order chi connectivity index (χ0) is 19.3. The number of nitrogens with one attached hydrogen (secondary N) is 2. The zero-order valence-electron chi connectivity index (χ0n) is 16.1. The van der Waals surface area contributed by atoms with E-state index in [1.165, 1.54) is 10.5 Å². The molecule has 5 nitrogen and oxygen atoms in total. The number of para-hydroxylation sites is 1. The van der Waals surface area contributed by atoms with Gasteiger partial charge in [0.1, 0.15) is 6.54 Å². The van der Waals surface area contributed by atoms with Crippen LogP contribution >= 0.6 is 0 Å². The lowest BCUT2D eigenvalue weighted by molar-refractivity contribution is -0.116. The Morgan fingerprint density at radius 2 is 1.54 bits per heavy atom. The largest absolute Gasteiger partial charge is 0.324 e. The number of nitrogens with zero attached hydrogens (tertiary/aromatic N) is 1. The molecule has 0 bridgehead atoms. The minimum atomic E-state index is -0.320. The molecule has 0 saturated heterocycles. The summed E-state index contributed by atoms with van der Waals surface area (Å²) < 4.78 is 0. The van der Waals surface area contributed by atoms with Crippen LogP contribution in [0.3, 0.4) is 0 Å². The standard InChI is InChI=1S/C21H27N3O2/c1-14(2)17-9-11-18(12-10-17)22-21(26)24(5)13-19(25)23-20-15(3)7-6-8-16(20)4/h6-12,14H,13H2,1-5H3,(H,22,26)(H,23,25). The maximum atomic E-state index is 12.3. The van der Waals surface area contributed by atoms with Gasteiger partial charge in [-0.15, -0.1) is 0 Å². The third-order valence-electron chi connectivity index (χ3n) is 4.30. The van der Waals surface area contributed by atoms with Crippen molar-refractivity contribution in [3.05, 3.63) is 59.2 Å². The number of amides is 3. The van der Waals surface area contributed by atoms with Crippen LogP contribution < -0.4 is 10.6 Å². The number of aryl methyl sites for hydroxylation is 2. The topological polar surface area (TPSA) is 61.4 Å². The molecule has 2 aromatic rings. The Morgan fingerprint density at radius 1 is 0.962 bits per heavy atom. The van der Waals surface area contributed by atoms with Crippen LogP contribution in [-0.2, 0) is 4.79 Å². The average Bonchev–Trinajstić information content (AvgIpc) is 2.58. The molecule has 5 heteroatoms. The molecule has 0 atom stereocenters. The highest BCUT2D eigenvalue weighted by atomic mass is 16.2. The van der Waals surface area contributed by atoms with Crippen LogP contribution in [0, 0.1) is 13.8 Å². The second-order valence-corrected chi connectivity index (χ2v) is 6.88. The first kappa shape index (κ1) is 19.5. The lowest BCUT2D eigenvalue weighted by Crippen LogP contribution is -2.37. The summed E-state index contributed by atoms with van der Waals surface area (Å²) in [5, 5.41) is 5.69. The van der Waals surface area contributed by atoms with Crippen LogP contribution in [0.4, 0.5) is 16.2 Å². The molecule has 0 aromatic heterocycles. The monoisotopic (exact) mass is 353 g/mol. The highest BCUT2D eigenvalue weighted by molar-refractivity contribution is 5.97. The van der Waals surface area contributed by atoms with E-state index in [1.54, 1.807) is 7.05 Å². The Kier molecular flexibility index (Phi) is 6.39. The molecule has 3 amide bonds. The number of hydrogen-bond donors (Lipinski definition) is 2. The zero-order valence-corrected chi connectivity index (χ0v) is 16.1. The van der Waals surface area contributed by atoms with Crippen LogP contribution in [0.25, 0.3) is 0 Å². The van der Waals surface area contributed by atoms with E-state index in [0.717, 1.165) is 16.8 Å². The van der Waals surface area contributed by atoms with Gasteiger partial charge in [-0.2, -0.15) is 0 Å². The van der Waals surface area contributed by atoms with Crippen LogP contribution in [0.15, 0.2) is 42.5 Å². The third-order valence-corrected chi connectivity index (χ3v) is 4.30. The van der Waals surface area contributed by atoms with Gasteiger partial charge in [-0.3, -0.25) is 4.79 Å². The minimum Gasteiger partial charge on any atom is -0.324 e. The highest BCUT2D eigenvalue weighted by Crippen LogP contribution is 2.19. The van der Waals surface area contributed by atoms with Gasteiger partial charge in [-0.05, 0) is 48.6 Å². The van der Waals surface area contributed by atoms with E-state index in [1.807, 2.05) is 56.3 Å². The summed E-state index contributed by atoms with van der Waals surface area (Å²) in [6.45, 7) is 8.11. The molecule has 0 aliphatic carbocycles. The summed E-state index contributed by atoms with van der Waals surface area (Å²) in [6, 6.07) is 13.3. The molecular weight excluding hydrogens is 326 g/mol. The Balaban J connectivity index is 1.92. The highest BCUT2D eigenvalue weighted by Gasteiger charge is 2.14. The fraction of sp³-hybridized carbons (Fsp3) is 0.333. The number of likely N-dealkylation sites (N-methyl/N-ethyl adjacent to an activating group) is 1. The first-order chi connectivity index (χ1) is 12.3. The molecule has 0 heterocycles. The second kappa shape index (κ2) is 8.52. The fourth-order valence-corrected chi connectivity index (χ4v) is 2.65. The van der Waals surface area contributed by atoms with E-state index < -0.39 is 0 Å². The van der Waals surface area contributed by atoms with Crippen molar-refractivity contribution in [3.63, 3.8) is 0 Å². The van der Waals surface area contributed by atoms with Crippen LogP contribution in [-0.4, -0.2) is 30.4 Å². The molecule has 26 heavy (non-hydrogen) atoms. The molecule has 2 rings (SSSR count). The molecule has 2 N–H and O–H groups in total. The van der Waals surface area contributed by atoms with Crippen molar-refractivity contribution in [2.45, 2.75) is 33.6 Å². The summed E-state index contributed by atoms with van der Waals surface area (Å²) in [4.78, 5) is 25.9. The van der Waals surface area contributed by atoms with Crippen molar-refractivity contribution in [2.75, 3.05) is 24.2 Å². The van der Waals surface area contributed by atoms with Gasteiger partial charge in [0.25, 0.3) is 0 Å². The lowest BCUT2D eigenvalue weighted by atomic mass is 10.0. The van der Waals surface area contributed by atoms with Crippen molar-refractivity contribution in [2.24, 2.45) is 0 Å². The van der Waals surface area contributed by atoms with Crippen molar-refractivity contribution >= 4 is 23.3 Å². The van der Waals surface area contributed by atoms with Crippen molar-refractivity contribution in [3.8, 4) is 0 Å². The number of hydrogen-bond acceptors (Lipinski definition) is 2. The van der Waals surface area contributed by atoms with Gasteiger partial charge in [-0.1, -0.05) is 44.2 Å². The van der Waals surface area contributed by atoms with Gasteiger partial charge in [-0.25, -0.2) is 4.79 Å². The number of rotatable bonds is 5. The quantitative estimate of drug-likeness (QED) is 0.829. The van der Waals surface area contributed by atoms with Crippen LogP contribution in [0.2, 0.25) is 0 Å². The number of anilines is 2. The Bertz CT molecular complexity index is 762. The minimum absolute atomic E-state index is 0.0241. The summed E-state index contributed by atoms with van der Waals surface area (Å²) >= 11 is 0. The predicted octanol–water partition coefficient (Wildman–Crippen LogP) is 4.53. The van der Waals surface area contributed by atoms with Crippen LogP contribution in [0.5, 0.6) is 0 Å². The molecular formula is C21H27N3O2. The number of carbonyl (C=O) groups is 2. The smallest absolute Gasteiger partial charge is 0.322 e. The maximum Gasteiger partial charge on any atom is 0.322 e. The van der Waals surface area contributed by atoms with Gasteiger partial charge in [0.15, 0.2) is 0 Å². The molecule has 0 fully saturated rings. The van der Waals surface area contributed by atoms with Crippen LogP contribution in [0.1, 0.15) is 36.5 Å². The van der Waals surface area contributed by atoms with E-state index in [4.69, 9.17) is 0 Å². The fourth-order valence-electron chi connectivity index (χ4n) is 2.65. The summed E-state index contributed by atoms with van der Waals surface area (Å²) in [7, 11) is 1.60. The van der Waals surface area contributed by atoms with Crippen molar-refractivity contribution < 1.29 is 9.59 Å². The second-order valence-electron chi connectivity index (χ2n) is 6.88. The predicted molar refractivity (Wildman–Crippen MR) is 107 cm³/mol. The van der Waals surface area contributed by atoms with Gasteiger partial charge in [0, 0.05) is 18.4 Å². The Labute approximate surface area is 155 Å². The summed E-state index contributed by atoms with van der Waals surface area (Å²) in [5.41, 5.74) is 4.72. The normalized spacial score (nSPS) is 10.5. The first-order valence-corrected chi connectivity index (χ1v) is 8.76. The molecule has 0 spiro atoms. The summed E-state index contributed by atoms with van der Waals surface area (Å²) in [6.07, 6.45) is 0. The lowest BCUT2D eigenvalue weighted by Gasteiger charge is -2.19. The molecule has 138 valence electrons. The van der Waals surface area contributed by atoms with E-state index in [2.05, 4.69) is 24.5 Å². The molecule has 0 unspecified atom stereocenters. The molecule has 2 aromatic carbocycles. The third kappa shape index (κ3) is 5.09. The van der Waals surface area contributed by atoms with Gasteiger partial charge in [0.2, 0.25) is 5.91 Å². The van der Waals surface area contributed by atoms with Crippen molar-refractivity contribution in [1.82, 2.24) is 4.90 Å². The van der Waals surface area contributed by atoms with E-state index in [-0.39, 0.29) is 18.5 Å². The van der Waals surface area contributed by atoms with E-state index in [0.29, 0.717) is 11.6 Å². The van der Waals surface area contributed by atoms with Crippen molar-refractivity contribution in [1.29, 1.82) is 0 Å². The molecule has 0 radical (unpaired) electrons. The summed E-state index contributed by atoms with van der Waals surface area (Å²) in [5.74, 6) is 0.214. The SMILES string of the molecule is Cc1cccc(C)c1NC(=O)CN(C)C(=O)Nc1ccc(C(C)C)cc1. The Morgan fingerprint density at radius 3 is 2.08 bits per heavy atom. The van der Waals surface area contributed by atoms with E-state index >= 15 is 0 Å². The maximum absolute atomic E-state index is 12.3. The van der Waals surface area contributed by atoms with Gasteiger partial charge >= 0.3 is 6.03 Å². The first-order valence-electron chi connectivity index (χ1n) is 8.76. The molecule has 0 aliphatic heterocycles.